The summed E-state index contributed by atoms with van der Waals surface area (Å²) >= 11 is 0. The standard InChI is InChI=1S/C23H26N6O2/c1-15-11-20(21(14-24-15)31-19-5-3-18(30)4-6-19)16-7-10-29-17(12-16)13-23(27-29)25-22-8-9-28(2)26-22/h7-14,18-19,30H,3-6H2,1-2H3,(H,25,26,27)/t18-,19+. The second kappa shape index (κ2) is 8.03. The molecule has 2 N–H and O–H groups in total. The van der Waals surface area contributed by atoms with Crippen molar-refractivity contribution in [2.75, 3.05) is 5.32 Å². The van der Waals surface area contributed by atoms with Crippen LogP contribution in [0, 0.1) is 6.92 Å². The van der Waals surface area contributed by atoms with E-state index in [4.69, 9.17) is 4.74 Å². The van der Waals surface area contributed by atoms with Crippen molar-refractivity contribution in [2.24, 2.45) is 7.05 Å². The molecule has 0 saturated heterocycles. The van der Waals surface area contributed by atoms with Gasteiger partial charge in [0.1, 0.15) is 5.75 Å². The number of fused-ring (bicyclic) bond motifs is 1. The summed E-state index contributed by atoms with van der Waals surface area (Å²) in [4.78, 5) is 4.45. The number of ether oxygens (including phenoxy) is 1. The van der Waals surface area contributed by atoms with Gasteiger partial charge in [-0.2, -0.15) is 10.2 Å². The van der Waals surface area contributed by atoms with Gasteiger partial charge in [0.15, 0.2) is 11.6 Å². The van der Waals surface area contributed by atoms with Crippen molar-refractivity contribution in [1.82, 2.24) is 24.4 Å². The lowest BCUT2D eigenvalue weighted by Gasteiger charge is -2.27. The zero-order valence-corrected chi connectivity index (χ0v) is 17.7. The number of nitrogens with zero attached hydrogens (tertiary/aromatic N) is 5. The van der Waals surface area contributed by atoms with Crippen LogP contribution in [-0.2, 0) is 7.05 Å². The maximum atomic E-state index is 9.77. The Hall–Kier alpha value is -3.39. The zero-order chi connectivity index (χ0) is 21.4. The molecule has 31 heavy (non-hydrogen) atoms. The van der Waals surface area contributed by atoms with Gasteiger partial charge >= 0.3 is 0 Å². The van der Waals surface area contributed by atoms with Crippen LogP contribution in [0.3, 0.4) is 0 Å². The van der Waals surface area contributed by atoms with Crippen LogP contribution >= 0.6 is 0 Å². The van der Waals surface area contributed by atoms with Crippen LogP contribution in [0.4, 0.5) is 11.6 Å². The van der Waals surface area contributed by atoms with Crippen molar-refractivity contribution in [3.63, 3.8) is 0 Å². The SMILES string of the molecule is Cc1cc(-c2ccn3nc(Nc4ccn(C)n4)cc3c2)c(O[C@H]2CC[C@@H](O)CC2)cn1. The van der Waals surface area contributed by atoms with Gasteiger partial charge in [-0.05, 0) is 56.4 Å². The molecule has 1 saturated carbocycles. The lowest BCUT2D eigenvalue weighted by Crippen LogP contribution is -2.26. The Kier molecular flexibility index (Phi) is 5.07. The fraction of sp³-hybridized carbons (Fsp3) is 0.348. The summed E-state index contributed by atoms with van der Waals surface area (Å²) in [6.45, 7) is 1.98. The third-order valence-electron chi connectivity index (χ3n) is 5.69. The third-order valence-corrected chi connectivity index (χ3v) is 5.69. The van der Waals surface area contributed by atoms with Crippen LogP contribution < -0.4 is 10.1 Å². The number of hydrogen-bond donors (Lipinski definition) is 2. The topological polar surface area (TPSA) is 89.5 Å². The molecule has 0 atom stereocenters. The number of pyridine rings is 2. The summed E-state index contributed by atoms with van der Waals surface area (Å²) in [7, 11) is 1.88. The summed E-state index contributed by atoms with van der Waals surface area (Å²) in [5.74, 6) is 2.27. The van der Waals surface area contributed by atoms with E-state index in [2.05, 4.69) is 32.6 Å². The molecule has 0 spiro atoms. The molecule has 1 aliphatic rings. The van der Waals surface area contributed by atoms with Crippen molar-refractivity contribution in [1.29, 1.82) is 0 Å². The second-order valence-electron chi connectivity index (χ2n) is 8.18. The predicted molar refractivity (Wildman–Crippen MR) is 119 cm³/mol. The highest BCUT2D eigenvalue weighted by Gasteiger charge is 2.22. The fourth-order valence-corrected chi connectivity index (χ4v) is 4.05. The third kappa shape index (κ3) is 4.25. The van der Waals surface area contributed by atoms with E-state index in [0.29, 0.717) is 0 Å². The fourth-order valence-electron chi connectivity index (χ4n) is 4.05. The van der Waals surface area contributed by atoms with Gasteiger partial charge < -0.3 is 15.2 Å². The minimum atomic E-state index is -0.200. The molecule has 0 bridgehead atoms. The molecule has 0 amide bonds. The van der Waals surface area contributed by atoms with Crippen LogP contribution in [0.2, 0.25) is 0 Å². The Morgan fingerprint density at radius 2 is 1.87 bits per heavy atom. The van der Waals surface area contributed by atoms with E-state index < -0.39 is 0 Å². The zero-order valence-electron chi connectivity index (χ0n) is 17.7. The molecule has 1 fully saturated rings. The minimum absolute atomic E-state index is 0.111. The molecule has 4 heterocycles. The summed E-state index contributed by atoms with van der Waals surface area (Å²) in [5, 5.41) is 21.9. The maximum Gasteiger partial charge on any atom is 0.154 e. The van der Waals surface area contributed by atoms with Crippen LogP contribution in [0.5, 0.6) is 5.75 Å². The van der Waals surface area contributed by atoms with Crippen molar-refractivity contribution >= 4 is 17.2 Å². The number of anilines is 2. The predicted octanol–water partition coefficient (Wildman–Crippen LogP) is 3.86. The van der Waals surface area contributed by atoms with E-state index in [-0.39, 0.29) is 12.2 Å². The number of nitrogens with one attached hydrogen (secondary N) is 1. The van der Waals surface area contributed by atoms with Crippen LogP contribution in [-0.4, -0.2) is 41.7 Å². The minimum Gasteiger partial charge on any atom is -0.488 e. The van der Waals surface area contributed by atoms with Gasteiger partial charge in [0.2, 0.25) is 0 Å². The monoisotopic (exact) mass is 418 g/mol. The highest BCUT2D eigenvalue weighted by molar-refractivity contribution is 5.75. The van der Waals surface area contributed by atoms with Crippen molar-refractivity contribution in [3.05, 3.63) is 54.6 Å². The number of aliphatic hydroxyl groups excluding tert-OH is 1. The van der Waals surface area contributed by atoms with Crippen LogP contribution in [0.1, 0.15) is 31.4 Å². The summed E-state index contributed by atoms with van der Waals surface area (Å²) in [5.41, 5.74) is 3.97. The molecule has 0 radical (unpaired) electrons. The van der Waals surface area contributed by atoms with Crippen molar-refractivity contribution in [2.45, 2.75) is 44.8 Å². The Morgan fingerprint density at radius 3 is 2.65 bits per heavy atom. The van der Waals surface area contributed by atoms with Gasteiger partial charge in [-0.25, -0.2) is 4.52 Å². The highest BCUT2D eigenvalue weighted by atomic mass is 16.5. The van der Waals surface area contributed by atoms with E-state index >= 15 is 0 Å². The molecule has 1 aliphatic carbocycles. The van der Waals surface area contributed by atoms with E-state index in [1.807, 2.05) is 55.3 Å². The molecular weight excluding hydrogens is 392 g/mol. The molecule has 160 valence electrons. The normalized spacial score (nSPS) is 18.9. The molecule has 5 rings (SSSR count). The first-order valence-electron chi connectivity index (χ1n) is 10.6. The molecule has 4 aromatic rings. The van der Waals surface area contributed by atoms with Gasteiger partial charge in [-0.3, -0.25) is 9.67 Å². The Labute approximate surface area is 180 Å². The van der Waals surface area contributed by atoms with Gasteiger partial charge in [0.05, 0.1) is 23.9 Å². The summed E-state index contributed by atoms with van der Waals surface area (Å²) in [6, 6.07) is 10.1. The number of aliphatic hydroxyl groups is 1. The number of aryl methyl sites for hydroxylation is 2. The summed E-state index contributed by atoms with van der Waals surface area (Å²) < 4.78 is 9.91. The van der Waals surface area contributed by atoms with Gasteiger partial charge in [-0.15, -0.1) is 0 Å². The second-order valence-corrected chi connectivity index (χ2v) is 8.18. The van der Waals surface area contributed by atoms with Crippen LogP contribution in [0.15, 0.2) is 48.9 Å². The molecular formula is C23H26N6O2. The average molecular weight is 419 g/mol. The lowest BCUT2D eigenvalue weighted by molar-refractivity contribution is 0.0667. The van der Waals surface area contributed by atoms with E-state index in [1.54, 1.807) is 4.68 Å². The molecule has 4 aromatic heterocycles. The van der Waals surface area contributed by atoms with Gasteiger partial charge in [0, 0.05) is 42.8 Å². The first kappa shape index (κ1) is 19.6. The van der Waals surface area contributed by atoms with E-state index in [0.717, 1.165) is 65.4 Å². The van der Waals surface area contributed by atoms with Crippen molar-refractivity contribution in [3.8, 4) is 16.9 Å². The number of aromatic nitrogens is 5. The Balaban J connectivity index is 1.43. The van der Waals surface area contributed by atoms with Gasteiger partial charge in [-0.1, -0.05) is 0 Å². The van der Waals surface area contributed by atoms with Crippen LogP contribution in [0.25, 0.3) is 16.6 Å². The molecule has 8 nitrogen and oxygen atoms in total. The first-order chi connectivity index (χ1) is 15.0. The molecule has 0 aromatic carbocycles. The molecule has 8 heteroatoms. The van der Waals surface area contributed by atoms with Gasteiger partial charge in [0.25, 0.3) is 0 Å². The Morgan fingerprint density at radius 1 is 1.03 bits per heavy atom. The van der Waals surface area contributed by atoms with Crippen molar-refractivity contribution < 1.29 is 9.84 Å². The largest absolute Gasteiger partial charge is 0.488 e. The maximum absolute atomic E-state index is 9.77. The molecule has 0 unspecified atom stereocenters. The smallest absolute Gasteiger partial charge is 0.154 e. The quantitative estimate of drug-likeness (QED) is 0.512. The first-order valence-corrected chi connectivity index (χ1v) is 10.6. The summed E-state index contributed by atoms with van der Waals surface area (Å²) in [6.07, 6.45) is 8.84. The number of hydrogen-bond acceptors (Lipinski definition) is 6. The average Bonchev–Trinajstić information content (AvgIpc) is 3.35. The lowest BCUT2D eigenvalue weighted by atomic mass is 9.95. The van der Waals surface area contributed by atoms with E-state index in [9.17, 15) is 5.11 Å². The molecule has 0 aliphatic heterocycles. The number of rotatable bonds is 5. The highest BCUT2D eigenvalue weighted by Crippen LogP contribution is 2.34. The Bertz CT molecular complexity index is 1210. The van der Waals surface area contributed by atoms with E-state index in [1.165, 1.54) is 0 Å².